The second-order valence-corrected chi connectivity index (χ2v) is 22.0. The number of methoxy groups -OCH3 is 1. The SMILES string of the molecule is CO.COC(=O)c1nc2oc1[C@@]13c4cc(F)ccc4N[C@@H]1Oc1ccc(cc13)C[C@H](C)C(=O)N[C@H]2C(C)(C)C.C[C@H]1Cc2ccc3c(c2)[C@@]2(c4cc(F)ccc4N[C@@H]2O3)c2oc(nc2C(=O)O)[C@H](C(C)(C)C)NC1=O.[Li+].[OH-]. The molecule has 2 aromatic heterocycles. The van der Waals surface area contributed by atoms with E-state index >= 15 is 0 Å². The number of aliphatic hydroxyl groups is 1. The molecule has 0 fully saturated rings. The van der Waals surface area contributed by atoms with Crippen molar-refractivity contribution in [2.75, 3.05) is 24.9 Å². The number of ether oxygens (including phenoxy) is 3. The smallest absolute Gasteiger partial charge is 0.870 e. The fourth-order valence-corrected chi connectivity index (χ4v) is 11.3. The number of carboxylic acids is 1. The van der Waals surface area contributed by atoms with Crippen LogP contribution in [0.1, 0.15) is 145 Å². The van der Waals surface area contributed by atoms with Gasteiger partial charge in [-0.3, -0.25) is 9.59 Å². The van der Waals surface area contributed by atoms with E-state index in [0.29, 0.717) is 58.0 Å². The van der Waals surface area contributed by atoms with E-state index in [1.54, 1.807) is 18.2 Å². The van der Waals surface area contributed by atoms with Crippen molar-refractivity contribution in [2.24, 2.45) is 22.7 Å². The van der Waals surface area contributed by atoms with Crippen LogP contribution in [0.2, 0.25) is 0 Å². The molecule has 4 aromatic carbocycles. The zero-order valence-electron chi connectivity index (χ0n) is 44.5. The quantitative estimate of drug-likeness (QED) is 0.0950. The van der Waals surface area contributed by atoms with Crippen LogP contribution in [0.4, 0.5) is 20.2 Å². The van der Waals surface area contributed by atoms with Crippen molar-refractivity contribution in [2.45, 2.75) is 104 Å². The molecule has 0 radical (unpaired) electrons. The van der Waals surface area contributed by atoms with Crippen molar-refractivity contribution in [3.05, 3.63) is 153 Å². The summed E-state index contributed by atoms with van der Waals surface area (Å²) in [6.07, 6.45) is -0.558. The van der Waals surface area contributed by atoms with Crippen LogP contribution < -0.4 is 49.6 Å². The van der Waals surface area contributed by atoms with Gasteiger partial charge in [-0.25, -0.2) is 28.3 Å². The molecule has 8 bridgehead atoms. The topological polar surface area (TPSA) is 267 Å². The Labute approximate surface area is 454 Å². The van der Waals surface area contributed by atoms with Gasteiger partial charge in [-0.05, 0) is 83.3 Å². The number of esters is 1. The van der Waals surface area contributed by atoms with E-state index in [1.807, 2.05) is 85.7 Å². The van der Waals surface area contributed by atoms with Crippen molar-refractivity contribution in [1.82, 2.24) is 20.6 Å². The number of carbonyl (C=O) groups excluding carboxylic acids is 3. The average Bonchev–Trinajstić information content (AvgIpc) is 4.34. The summed E-state index contributed by atoms with van der Waals surface area (Å²) in [4.78, 5) is 61.1. The van der Waals surface area contributed by atoms with E-state index in [0.717, 1.165) is 18.2 Å². The van der Waals surface area contributed by atoms with E-state index in [1.165, 1.54) is 31.4 Å². The van der Waals surface area contributed by atoms with Gasteiger partial charge in [0.1, 0.15) is 46.0 Å². The van der Waals surface area contributed by atoms with Gasteiger partial charge in [0.05, 0.1) is 7.11 Å². The van der Waals surface area contributed by atoms with Crippen LogP contribution in [0, 0.1) is 34.3 Å². The summed E-state index contributed by atoms with van der Waals surface area (Å²) in [5.41, 5.74) is 1.59. The number of halogens is 2. The van der Waals surface area contributed by atoms with Crippen LogP contribution in [-0.2, 0) is 38.0 Å². The fourth-order valence-electron chi connectivity index (χ4n) is 11.3. The Balaban J connectivity index is 0.000000193. The number of aliphatic hydroxyl groups excluding tert-OH is 1. The monoisotopic (exact) mass is 1050 g/mol. The summed E-state index contributed by atoms with van der Waals surface area (Å²) in [7, 11) is 2.27. The van der Waals surface area contributed by atoms with E-state index in [9.17, 15) is 33.1 Å². The van der Waals surface area contributed by atoms with Gasteiger partial charge in [0.2, 0.25) is 23.6 Å². The van der Waals surface area contributed by atoms with Gasteiger partial charge in [0.25, 0.3) is 0 Å². The molecule has 0 unspecified atom stereocenters. The summed E-state index contributed by atoms with van der Waals surface area (Å²) in [5, 5.41) is 30.0. The third-order valence-corrected chi connectivity index (χ3v) is 15.0. The molecule has 8 heterocycles. The van der Waals surface area contributed by atoms with Crippen molar-refractivity contribution >= 4 is 35.1 Å². The van der Waals surface area contributed by atoms with Crippen LogP contribution in [0.3, 0.4) is 0 Å². The summed E-state index contributed by atoms with van der Waals surface area (Å²) in [5.74, 6) is -2.36. The summed E-state index contributed by atoms with van der Waals surface area (Å²) >= 11 is 0. The number of carboxylic acid groups (broad SMARTS) is 1. The summed E-state index contributed by atoms with van der Waals surface area (Å²) < 4.78 is 60.0. The number of nitrogens with zero attached hydrogens (tertiary/aromatic N) is 2. The van der Waals surface area contributed by atoms with E-state index < -0.39 is 69.8 Å². The molecule has 6 aliphatic heterocycles. The molecule has 7 N–H and O–H groups in total. The number of oxazole rings is 2. The third-order valence-electron chi connectivity index (χ3n) is 15.0. The molecule has 2 amide bonds. The number of aromatic nitrogens is 2. The number of hydrogen-bond acceptors (Lipinski definition) is 15. The standard InChI is InChI=1S/C28H28FN3O5.C27H26FN3O5.CH4O.Li.H2O/c1-13-10-14-6-9-19-17(11-14)28(16-12-15(29)7-8-18(16)30-26(28)36-19)22-20(25(34)35-5)31-24(37-22)21(27(2,3)4)32-23(13)33;1-12-9-13-5-8-18-16(10-13)27(15-11-14(28)6-7-17(15)29-25(27)35-18)21-19(24(33)34)30-23(36-21)20(26(2,3)4)31-22(12)32;1-2;;/h6-9,11-13,21,26,30H,10H2,1-5H3,(H,32,33);5-8,10-12,20,25,29H,9H2,1-4H3,(H,31,32)(H,33,34);2H,1H3;;1H2/q;;;+1;/p-1/t13-,21+,26+,28-;12-,20+,25+,27-;;;/m00.../s1. The van der Waals surface area contributed by atoms with Gasteiger partial charge in [0.15, 0.2) is 35.4 Å². The molecule has 0 saturated carbocycles. The van der Waals surface area contributed by atoms with Gasteiger partial charge in [-0.2, -0.15) is 0 Å². The number of fused-ring (bicyclic) bond motifs is 8. The number of amides is 2. The fraction of sp³-hybridized carbons (Fsp3) is 0.393. The van der Waals surface area contributed by atoms with Gasteiger partial charge < -0.3 is 60.0 Å². The molecule has 8 atom stereocenters. The Bertz CT molecular complexity index is 3350. The Morgan fingerprint density at radius 3 is 1.43 bits per heavy atom. The summed E-state index contributed by atoms with van der Waals surface area (Å²) in [6.45, 7) is 15.3. The zero-order chi connectivity index (χ0) is 53.8. The van der Waals surface area contributed by atoms with Crippen LogP contribution in [0.25, 0.3) is 0 Å². The molecular weight excluding hydrogens is 994 g/mol. The molecule has 6 aliphatic rings. The molecule has 400 valence electrons. The van der Waals surface area contributed by atoms with Crippen molar-refractivity contribution in [1.29, 1.82) is 0 Å². The van der Waals surface area contributed by atoms with Crippen LogP contribution >= 0.6 is 0 Å². The largest absolute Gasteiger partial charge is 1.00 e. The maximum absolute atomic E-state index is 14.7. The van der Waals surface area contributed by atoms with Crippen LogP contribution in [0.5, 0.6) is 11.5 Å². The van der Waals surface area contributed by atoms with Crippen molar-refractivity contribution < 1.29 is 85.6 Å². The molecular formula is C56H59F2LiN6O12. The first-order valence-electron chi connectivity index (χ1n) is 24.7. The van der Waals surface area contributed by atoms with Gasteiger partial charge in [0, 0.05) is 52.6 Å². The zero-order valence-corrected chi connectivity index (χ0v) is 44.5. The van der Waals surface area contributed by atoms with Gasteiger partial charge in [-0.1, -0.05) is 79.7 Å². The molecule has 0 aliphatic carbocycles. The molecule has 21 heteroatoms. The van der Waals surface area contributed by atoms with Crippen LogP contribution in [-0.4, -0.2) is 76.1 Å². The minimum absolute atomic E-state index is 0. The first kappa shape index (κ1) is 56.0. The number of benzene rings is 4. The number of anilines is 2. The maximum Gasteiger partial charge on any atom is 1.00 e. The normalized spacial score (nSPS) is 24.5. The summed E-state index contributed by atoms with van der Waals surface area (Å²) in [6, 6.07) is 18.8. The first-order valence-corrected chi connectivity index (χ1v) is 24.7. The number of rotatable bonds is 2. The average molecular weight is 1050 g/mol. The third kappa shape index (κ3) is 8.79. The minimum Gasteiger partial charge on any atom is -0.870 e. The molecule has 12 rings (SSSR count). The minimum atomic E-state index is -1.30. The Kier molecular flexibility index (Phi) is 14.5. The van der Waals surface area contributed by atoms with Gasteiger partial charge in [-0.15, -0.1) is 0 Å². The maximum atomic E-state index is 14.7. The predicted molar refractivity (Wildman–Crippen MR) is 269 cm³/mol. The first-order chi connectivity index (χ1) is 35.5. The van der Waals surface area contributed by atoms with Crippen molar-refractivity contribution in [3.63, 3.8) is 0 Å². The molecule has 2 spiro atoms. The second kappa shape index (κ2) is 20.0. The second-order valence-electron chi connectivity index (χ2n) is 22.0. The van der Waals surface area contributed by atoms with Crippen LogP contribution in [0.15, 0.2) is 81.6 Å². The molecule has 77 heavy (non-hydrogen) atoms. The van der Waals surface area contributed by atoms with Gasteiger partial charge >= 0.3 is 30.8 Å². The predicted octanol–water partition coefficient (Wildman–Crippen LogP) is 5.30. The Hall–Kier alpha value is -7.24. The van der Waals surface area contributed by atoms with Crippen molar-refractivity contribution in [3.8, 4) is 11.5 Å². The molecule has 0 saturated heterocycles. The van der Waals surface area contributed by atoms with E-state index in [-0.39, 0.29) is 82.7 Å². The van der Waals surface area contributed by atoms with E-state index in [4.69, 9.17) is 28.2 Å². The number of hydrogen-bond donors (Lipinski definition) is 6. The number of nitrogens with one attached hydrogen (secondary N) is 4. The number of carbonyl (C=O) groups is 4. The van der Waals surface area contributed by atoms with E-state index in [2.05, 4.69) is 31.2 Å². The molecule has 18 nitrogen and oxygen atoms in total. The molecule has 6 aromatic rings. The Morgan fingerprint density at radius 2 is 1.04 bits per heavy atom. The number of aromatic carboxylic acids is 1. The Morgan fingerprint density at radius 1 is 0.636 bits per heavy atom.